The second-order valence-corrected chi connectivity index (χ2v) is 5.39. The van der Waals surface area contributed by atoms with Gasteiger partial charge in [-0.25, -0.2) is 9.78 Å². The molecule has 2 rings (SSSR count). The Kier molecular flexibility index (Phi) is 6.08. The molecule has 24 heavy (non-hydrogen) atoms. The van der Waals surface area contributed by atoms with Gasteiger partial charge in [0.15, 0.2) is 11.4 Å². The number of amides is 2. The molecule has 1 unspecified atom stereocenters. The number of imidazole rings is 1. The number of hydrogen-bond acceptors (Lipinski definition) is 4. The van der Waals surface area contributed by atoms with Crippen LogP contribution in [0.25, 0.3) is 0 Å². The van der Waals surface area contributed by atoms with Crippen molar-refractivity contribution in [1.29, 1.82) is 0 Å². The van der Waals surface area contributed by atoms with Gasteiger partial charge >= 0.3 is 6.03 Å². The van der Waals surface area contributed by atoms with Crippen LogP contribution in [0.3, 0.4) is 0 Å². The van der Waals surface area contributed by atoms with Crippen molar-refractivity contribution in [2.75, 3.05) is 6.54 Å². The van der Waals surface area contributed by atoms with Crippen LogP contribution in [-0.4, -0.2) is 33.4 Å². The predicted molar refractivity (Wildman–Crippen MR) is 89.0 cm³/mol. The van der Waals surface area contributed by atoms with Gasteiger partial charge in [-0.05, 0) is 18.4 Å². The molecule has 0 aliphatic rings. The van der Waals surface area contributed by atoms with E-state index < -0.39 is 17.4 Å². The maximum atomic E-state index is 12.7. The van der Waals surface area contributed by atoms with Crippen LogP contribution in [-0.2, 0) is 5.60 Å². The number of nitrogens with two attached hydrogens (primary N) is 1. The maximum absolute atomic E-state index is 12.7. The molecule has 7 nitrogen and oxygen atoms in total. The highest BCUT2D eigenvalue weighted by molar-refractivity contribution is 6.01. The number of ketones is 1. The molecule has 0 spiro atoms. The summed E-state index contributed by atoms with van der Waals surface area (Å²) in [6.07, 6.45) is 6.47. The predicted octanol–water partition coefficient (Wildman–Crippen LogP) is 1.52. The van der Waals surface area contributed by atoms with E-state index in [0.29, 0.717) is 31.4 Å². The number of nitrogens with zero attached hydrogens (tertiary/aromatic N) is 1. The van der Waals surface area contributed by atoms with E-state index in [1.807, 2.05) is 6.07 Å². The smallest absolute Gasteiger partial charge is 0.312 e. The van der Waals surface area contributed by atoms with Crippen molar-refractivity contribution in [1.82, 2.24) is 15.3 Å². The Morgan fingerprint density at radius 1 is 1.29 bits per heavy atom. The zero-order valence-electron chi connectivity index (χ0n) is 13.2. The van der Waals surface area contributed by atoms with Crippen molar-refractivity contribution in [3.63, 3.8) is 0 Å². The van der Waals surface area contributed by atoms with E-state index in [1.165, 1.54) is 12.4 Å². The molecule has 2 aromatic rings. The fraction of sp³-hybridized carbons (Fsp3) is 0.294. The number of carbonyl (C=O) groups excluding carboxylic acids is 2. The van der Waals surface area contributed by atoms with Crippen LogP contribution >= 0.6 is 0 Å². The summed E-state index contributed by atoms with van der Waals surface area (Å²) in [5.74, 6) is -0.401. The van der Waals surface area contributed by atoms with E-state index in [4.69, 9.17) is 5.73 Å². The lowest BCUT2D eigenvalue weighted by molar-refractivity contribution is 0.0427. The molecule has 1 aromatic carbocycles. The van der Waals surface area contributed by atoms with Gasteiger partial charge in [0.2, 0.25) is 5.78 Å². The first-order valence-corrected chi connectivity index (χ1v) is 7.74. The third kappa shape index (κ3) is 4.42. The van der Waals surface area contributed by atoms with E-state index >= 15 is 0 Å². The fourth-order valence-corrected chi connectivity index (χ4v) is 2.40. The third-order valence-corrected chi connectivity index (χ3v) is 3.64. The highest BCUT2D eigenvalue weighted by atomic mass is 16.3. The van der Waals surface area contributed by atoms with Crippen molar-refractivity contribution in [3.05, 3.63) is 60.5 Å². The molecule has 0 bridgehead atoms. The summed E-state index contributed by atoms with van der Waals surface area (Å²) in [4.78, 5) is 30.0. The fourth-order valence-electron chi connectivity index (χ4n) is 2.40. The Hall–Kier alpha value is -2.67. The normalized spacial score (nSPS) is 13.2. The van der Waals surface area contributed by atoms with Crippen LogP contribution in [0.5, 0.6) is 0 Å². The van der Waals surface area contributed by atoms with Crippen LogP contribution in [0, 0.1) is 6.42 Å². The number of benzene rings is 1. The number of aromatic nitrogens is 2. The number of Topliss-reactive ketones (excluding diaryl/α,β-unsaturated/α-hetero) is 1. The van der Waals surface area contributed by atoms with Crippen LogP contribution < -0.4 is 11.1 Å². The quantitative estimate of drug-likeness (QED) is 0.411. The van der Waals surface area contributed by atoms with Crippen LogP contribution in [0.4, 0.5) is 4.79 Å². The van der Waals surface area contributed by atoms with Gasteiger partial charge in [0, 0.05) is 25.4 Å². The molecule has 1 radical (unpaired) electrons. The number of rotatable bonds is 9. The number of unbranched alkanes of at least 4 members (excludes halogenated alkanes) is 2. The summed E-state index contributed by atoms with van der Waals surface area (Å²) in [7, 11) is 0. The molecule has 2 amide bonds. The summed E-state index contributed by atoms with van der Waals surface area (Å²) in [6.45, 7) is 0.457. The molecule has 0 saturated heterocycles. The van der Waals surface area contributed by atoms with E-state index in [0.717, 1.165) is 0 Å². The molecule has 5 N–H and O–H groups in total. The minimum Gasteiger partial charge on any atom is -0.376 e. The number of hydrogen-bond donors (Lipinski definition) is 4. The van der Waals surface area contributed by atoms with E-state index in [9.17, 15) is 14.7 Å². The molecule has 1 atom stereocenters. The second-order valence-electron chi connectivity index (χ2n) is 5.39. The molecule has 127 valence electrons. The molecule has 0 fully saturated rings. The molecular formula is C17H21N4O3. The highest BCUT2D eigenvalue weighted by Gasteiger charge is 2.39. The van der Waals surface area contributed by atoms with Crippen molar-refractivity contribution in [2.45, 2.75) is 24.9 Å². The standard InChI is InChI=1S/C17H21N4O3/c18-16(23)21-10-6-2-5-9-17(24,13-7-3-1-4-8-13)14(22)15-19-11-12-20-15/h1,3-4,7-9,11-12,24H,2,5-6,10H2,(H,19,20)(H3,18,21,23). The molecule has 1 heterocycles. The number of aromatic amines is 1. The first-order valence-electron chi connectivity index (χ1n) is 7.74. The summed E-state index contributed by atoms with van der Waals surface area (Å²) in [5, 5.41) is 13.5. The molecule has 0 aliphatic heterocycles. The average Bonchev–Trinajstić information content (AvgIpc) is 3.12. The summed E-state index contributed by atoms with van der Waals surface area (Å²) < 4.78 is 0. The van der Waals surface area contributed by atoms with Gasteiger partial charge in [-0.2, -0.15) is 0 Å². The van der Waals surface area contributed by atoms with Crippen LogP contribution in [0.1, 0.15) is 35.4 Å². The highest BCUT2D eigenvalue weighted by Crippen LogP contribution is 2.29. The molecule has 1 aromatic heterocycles. The van der Waals surface area contributed by atoms with Crippen LogP contribution in [0.2, 0.25) is 0 Å². The van der Waals surface area contributed by atoms with E-state index in [2.05, 4.69) is 15.3 Å². The SMILES string of the molecule is NC(=O)NCCCC[CH]C(O)(C(=O)c1ncc[nH]1)c1ccccc1. The van der Waals surface area contributed by atoms with Gasteiger partial charge < -0.3 is 21.1 Å². The topological polar surface area (TPSA) is 121 Å². The Morgan fingerprint density at radius 2 is 2.04 bits per heavy atom. The molecular weight excluding hydrogens is 308 g/mol. The first kappa shape index (κ1) is 17.7. The van der Waals surface area contributed by atoms with Crippen molar-refractivity contribution in [2.24, 2.45) is 5.73 Å². The van der Waals surface area contributed by atoms with Gasteiger partial charge in [-0.1, -0.05) is 36.8 Å². The largest absolute Gasteiger partial charge is 0.376 e. The first-order chi connectivity index (χ1) is 11.5. The number of aliphatic hydroxyl groups is 1. The monoisotopic (exact) mass is 329 g/mol. The van der Waals surface area contributed by atoms with E-state index in [1.54, 1.807) is 30.7 Å². The minimum absolute atomic E-state index is 0.105. The summed E-state index contributed by atoms with van der Waals surface area (Å²) >= 11 is 0. The van der Waals surface area contributed by atoms with Gasteiger partial charge in [-0.3, -0.25) is 4.79 Å². The average molecular weight is 329 g/mol. The number of primary amides is 1. The van der Waals surface area contributed by atoms with Crippen molar-refractivity contribution in [3.8, 4) is 0 Å². The van der Waals surface area contributed by atoms with Crippen LogP contribution in [0.15, 0.2) is 42.7 Å². The molecule has 0 aliphatic carbocycles. The Labute approximate surface area is 140 Å². The van der Waals surface area contributed by atoms with Gasteiger partial charge in [0.25, 0.3) is 0 Å². The summed E-state index contributed by atoms with van der Waals surface area (Å²) in [5.41, 5.74) is 3.73. The number of urea groups is 1. The van der Waals surface area contributed by atoms with E-state index in [-0.39, 0.29) is 5.82 Å². The Balaban J connectivity index is 2.04. The lowest BCUT2D eigenvalue weighted by atomic mass is 9.84. The Bertz CT molecular complexity index is 658. The lowest BCUT2D eigenvalue weighted by Gasteiger charge is -2.26. The minimum atomic E-state index is -1.75. The maximum Gasteiger partial charge on any atom is 0.312 e. The Morgan fingerprint density at radius 3 is 2.67 bits per heavy atom. The summed E-state index contributed by atoms with van der Waals surface area (Å²) in [6, 6.07) is 8.18. The van der Waals surface area contributed by atoms with Gasteiger partial charge in [-0.15, -0.1) is 0 Å². The number of carbonyl (C=O) groups is 2. The zero-order chi connectivity index (χ0) is 17.4. The van der Waals surface area contributed by atoms with Gasteiger partial charge in [0.05, 0.1) is 0 Å². The molecule has 0 saturated carbocycles. The molecule has 7 heteroatoms. The lowest BCUT2D eigenvalue weighted by Crippen LogP contribution is -2.37. The number of H-pyrrole nitrogens is 1. The van der Waals surface area contributed by atoms with Crippen molar-refractivity contribution >= 4 is 11.8 Å². The zero-order valence-corrected chi connectivity index (χ0v) is 13.2. The number of nitrogens with one attached hydrogen (secondary N) is 2. The van der Waals surface area contributed by atoms with Gasteiger partial charge in [0.1, 0.15) is 0 Å². The second kappa shape index (κ2) is 8.26. The third-order valence-electron chi connectivity index (χ3n) is 3.64. The van der Waals surface area contributed by atoms with Crippen molar-refractivity contribution < 1.29 is 14.7 Å².